The predicted octanol–water partition coefficient (Wildman–Crippen LogP) is 6.56. The fourth-order valence-corrected chi connectivity index (χ4v) is 6.98. The molecule has 1 aliphatic heterocycles. The van der Waals surface area contributed by atoms with Crippen LogP contribution in [0, 0.1) is 11.8 Å². The lowest BCUT2D eigenvalue weighted by atomic mass is 9.51. The second-order valence-corrected chi connectivity index (χ2v) is 10.9. The lowest BCUT2D eigenvalue weighted by Crippen LogP contribution is -2.63. The number of likely N-dealkylation sites (tertiary alicyclic amines) is 1. The summed E-state index contributed by atoms with van der Waals surface area (Å²) in [7, 11) is 0. The van der Waals surface area contributed by atoms with Gasteiger partial charge < -0.3 is 19.1 Å². The Hall–Kier alpha value is -3.28. The average Bonchev–Trinajstić information content (AvgIpc) is 2.95. The molecule has 0 unspecified atom stereocenters. The lowest BCUT2D eigenvalue weighted by molar-refractivity contribution is -0.155. The molecular formula is C32H39NO5. The number of ether oxygens (including phenoxy) is 3. The Kier molecular flexibility index (Phi) is 7.78. The van der Waals surface area contributed by atoms with Crippen LogP contribution >= 0.6 is 0 Å². The third kappa shape index (κ3) is 4.81. The summed E-state index contributed by atoms with van der Waals surface area (Å²) in [5.41, 5.74) is 4.39. The molecule has 5 rings (SSSR count). The van der Waals surface area contributed by atoms with E-state index >= 15 is 0 Å². The van der Waals surface area contributed by atoms with Gasteiger partial charge in [-0.3, -0.25) is 4.79 Å². The van der Waals surface area contributed by atoms with E-state index in [4.69, 9.17) is 14.2 Å². The molecule has 0 spiro atoms. The number of hydrogen-bond acceptors (Lipinski definition) is 5. The van der Waals surface area contributed by atoms with Crippen molar-refractivity contribution in [3.8, 4) is 5.75 Å². The highest BCUT2D eigenvalue weighted by Gasteiger charge is 2.57. The van der Waals surface area contributed by atoms with Crippen molar-refractivity contribution in [3.63, 3.8) is 0 Å². The zero-order chi connectivity index (χ0) is 26.7. The summed E-state index contributed by atoms with van der Waals surface area (Å²) in [6.45, 7) is 9.23. The number of piperidine rings is 1. The van der Waals surface area contributed by atoms with Crippen LogP contribution < -0.4 is 4.74 Å². The summed E-state index contributed by atoms with van der Waals surface area (Å²) in [6.07, 6.45) is 6.43. The van der Waals surface area contributed by atoms with E-state index < -0.39 is 0 Å². The maximum atomic E-state index is 13.3. The molecule has 2 fully saturated rings. The predicted molar refractivity (Wildman–Crippen MR) is 146 cm³/mol. The first-order valence-electron chi connectivity index (χ1n) is 14.1. The van der Waals surface area contributed by atoms with Gasteiger partial charge in [-0.15, -0.1) is 0 Å². The van der Waals surface area contributed by atoms with E-state index in [1.807, 2.05) is 55.1 Å². The SMILES string of the molecule is C=C1CN(C(=O)OCc2ccccc2)[C@H]2Cc3ccc(OCOC(=O)C(CC)CC)cc3[C@@]13CCCC[C@H]23. The quantitative estimate of drug-likeness (QED) is 0.225. The van der Waals surface area contributed by atoms with E-state index in [0.29, 0.717) is 18.2 Å². The number of nitrogens with zero attached hydrogens (tertiary/aromatic N) is 1. The Morgan fingerprint density at radius 2 is 1.87 bits per heavy atom. The number of esters is 1. The molecule has 0 radical (unpaired) electrons. The van der Waals surface area contributed by atoms with Crippen LogP contribution in [0.25, 0.3) is 0 Å². The van der Waals surface area contributed by atoms with Gasteiger partial charge in [0, 0.05) is 18.0 Å². The van der Waals surface area contributed by atoms with Gasteiger partial charge in [-0.1, -0.05) is 69.7 Å². The molecule has 202 valence electrons. The smallest absolute Gasteiger partial charge is 0.410 e. The Labute approximate surface area is 226 Å². The first-order valence-corrected chi connectivity index (χ1v) is 14.1. The van der Waals surface area contributed by atoms with Gasteiger partial charge >= 0.3 is 12.1 Å². The molecule has 3 atom stereocenters. The standard InChI is InChI=1S/C32H39NO5/c1-4-24(5-2)30(34)38-21-37-26-15-14-25-17-29-27-13-9-10-16-32(27,28(25)18-26)22(3)19-33(29)31(35)36-20-23-11-7-6-8-12-23/h6-8,11-12,14-15,18,24,27,29H,3-5,9-10,13,16-17,19-21H2,1-2H3/t27-,29+,32+/m1/s1. The number of hydrogen-bond donors (Lipinski definition) is 0. The van der Waals surface area contributed by atoms with E-state index in [1.54, 1.807) is 0 Å². The van der Waals surface area contributed by atoms with Gasteiger partial charge in [0.05, 0.1) is 5.92 Å². The Morgan fingerprint density at radius 3 is 2.63 bits per heavy atom. The normalized spacial score (nSPS) is 23.9. The molecule has 1 saturated carbocycles. The van der Waals surface area contributed by atoms with Crippen molar-refractivity contribution in [2.75, 3.05) is 13.3 Å². The van der Waals surface area contributed by atoms with Gasteiger partial charge in [0.15, 0.2) is 0 Å². The molecule has 6 nitrogen and oxygen atoms in total. The third-order valence-electron chi connectivity index (χ3n) is 9.00. The van der Waals surface area contributed by atoms with E-state index in [0.717, 1.165) is 56.1 Å². The minimum Gasteiger partial charge on any atom is -0.457 e. The number of carbonyl (C=O) groups excluding carboxylic acids is 2. The van der Waals surface area contributed by atoms with Crippen LogP contribution in [0.4, 0.5) is 4.79 Å². The monoisotopic (exact) mass is 517 g/mol. The van der Waals surface area contributed by atoms with E-state index in [-0.39, 0.29) is 42.8 Å². The molecule has 2 bridgehead atoms. The minimum atomic E-state index is -0.262. The summed E-state index contributed by atoms with van der Waals surface area (Å²) in [4.78, 5) is 27.5. The summed E-state index contributed by atoms with van der Waals surface area (Å²) in [5, 5.41) is 0. The number of rotatable bonds is 8. The molecule has 38 heavy (non-hydrogen) atoms. The van der Waals surface area contributed by atoms with Crippen molar-refractivity contribution in [2.24, 2.45) is 11.8 Å². The first kappa shape index (κ1) is 26.3. The molecular weight excluding hydrogens is 478 g/mol. The molecule has 2 aliphatic carbocycles. The van der Waals surface area contributed by atoms with Crippen LogP contribution in [0.1, 0.15) is 69.1 Å². The minimum absolute atomic E-state index is 0.0873. The molecule has 6 heteroatoms. The molecule has 1 saturated heterocycles. The van der Waals surface area contributed by atoms with Crippen LogP contribution in [0.15, 0.2) is 60.7 Å². The molecule has 1 amide bonds. The fraction of sp³-hybridized carbons (Fsp3) is 0.500. The molecule has 1 heterocycles. The number of carbonyl (C=O) groups is 2. The summed E-state index contributed by atoms with van der Waals surface area (Å²) in [5.74, 6) is 0.712. The van der Waals surface area contributed by atoms with Gasteiger partial charge in [-0.25, -0.2) is 4.79 Å². The third-order valence-corrected chi connectivity index (χ3v) is 9.00. The van der Waals surface area contributed by atoms with Gasteiger partial charge in [0.25, 0.3) is 0 Å². The maximum absolute atomic E-state index is 13.3. The van der Waals surface area contributed by atoms with Gasteiger partial charge in [-0.2, -0.15) is 0 Å². The number of fused-ring (bicyclic) bond motifs is 1. The number of benzene rings is 2. The van der Waals surface area contributed by atoms with E-state index in [2.05, 4.69) is 18.7 Å². The van der Waals surface area contributed by atoms with E-state index in [9.17, 15) is 9.59 Å². The van der Waals surface area contributed by atoms with Crippen LogP contribution in [-0.2, 0) is 32.7 Å². The van der Waals surface area contributed by atoms with Gasteiger partial charge in [0.2, 0.25) is 6.79 Å². The summed E-state index contributed by atoms with van der Waals surface area (Å²) < 4.78 is 17.1. The topological polar surface area (TPSA) is 65.1 Å². The number of amides is 1. The Balaban J connectivity index is 1.35. The zero-order valence-corrected chi connectivity index (χ0v) is 22.6. The van der Waals surface area contributed by atoms with Gasteiger partial charge in [-0.05, 0) is 72.4 Å². The van der Waals surface area contributed by atoms with Crippen LogP contribution in [0.5, 0.6) is 5.75 Å². The van der Waals surface area contributed by atoms with Crippen LogP contribution in [0.3, 0.4) is 0 Å². The highest BCUT2D eigenvalue weighted by atomic mass is 16.7. The maximum Gasteiger partial charge on any atom is 0.410 e. The van der Waals surface area contributed by atoms with E-state index in [1.165, 1.54) is 11.1 Å². The molecule has 2 aromatic carbocycles. The summed E-state index contributed by atoms with van der Waals surface area (Å²) >= 11 is 0. The van der Waals surface area contributed by atoms with Gasteiger partial charge in [0.1, 0.15) is 12.4 Å². The van der Waals surface area contributed by atoms with Crippen molar-refractivity contribution in [3.05, 3.63) is 77.4 Å². The average molecular weight is 518 g/mol. The fourth-order valence-electron chi connectivity index (χ4n) is 6.98. The second-order valence-electron chi connectivity index (χ2n) is 10.9. The first-order chi connectivity index (χ1) is 18.5. The molecule has 2 aromatic rings. The Bertz CT molecular complexity index is 1170. The van der Waals surface area contributed by atoms with Crippen molar-refractivity contribution in [2.45, 2.75) is 76.9 Å². The second kappa shape index (κ2) is 11.2. The van der Waals surface area contributed by atoms with Crippen LogP contribution in [-0.4, -0.2) is 36.3 Å². The van der Waals surface area contributed by atoms with Crippen molar-refractivity contribution >= 4 is 12.1 Å². The highest BCUT2D eigenvalue weighted by molar-refractivity contribution is 5.72. The zero-order valence-electron chi connectivity index (χ0n) is 22.6. The molecule has 0 aromatic heterocycles. The van der Waals surface area contributed by atoms with Crippen molar-refractivity contribution < 1.29 is 23.8 Å². The van der Waals surface area contributed by atoms with Crippen molar-refractivity contribution in [1.29, 1.82) is 0 Å². The molecule has 3 aliphatic rings. The highest BCUT2D eigenvalue weighted by Crippen LogP contribution is 2.58. The largest absolute Gasteiger partial charge is 0.457 e. The molecule has 0 N–H and O–H groups in total. The Morgan fingerprint density at radius 1 is 1.08 bits per heavy atom. The van der Waals surface area contributed by atoms with Crippen molar-refractivity contribution in [1.82, 2.24) is 4.90 Å². The van der Waals surface area contributed by atoms with Crippen LogP contribution in [0.2, 0.25) is 0 Å². The summed E-state index contributed by atoms with van der Waals surface area (Å²) in [6, 6.07) is 16.1. The lowest BCUT2D eigenvalue weighted by Gasteiger charge is -2.59.